The van der Waals surface area contributed by atoms with Crippen molar-refractivity contribution in [2.45, 2.75) is 0 Å². The maximum absolute atomic E-state index is 5.82. The molecule has 0 aliphatic carbocycles. The standard InChI is InChI=1S/C14H9ClN2O2S/c15-13-14(17-20-16-13)19-12-8-6-11(7-9-12)18-10-4-2-1-3-5-10/h1-9H. The van der Waals surface area contributed by atoms with E-state index in [-0.39, 0.29) is 5.15 Å². The highest BCUT2D eigenvalue weighted by atomic mass is 35.5. The fourth-order valence-electron chi connectivity index (χ4n) is 1.54. The minimum absolute atomic E-state index is 0.264. The van der Waals surface area contributed by atoms with E-state index in [1.807, 2.05) is 42.5 Å². The van der Waals surface area contributed by atoms with Gasteiger partial charge < -0.3 is 9.47 Å². The van der Waals surface area contributed by atoms with Crippen LogP contribution in [-0.2, 0) is 0 Å². The molecule has 0 spiro atoms. The summed E-state index contributed by atoms with van der Waals surface area (Å²) in [7, 11) is 0. The smallest absolute Gasteiger partial charge is 0.270 e. The second kappa shape index (κ2) is 5.90. The fourth-order valence-corrected chi connectivity index (χ4v) is 2.15. The van der Waals surface area contributed by atoms with Gasteiger partial charge in [-0.1, -0.05) is 29.8 Å². The quantitative estimate of drug-likeness (QED) is 0.696. The van der Waals surface area contributed by atoms with Crippen LogP contribution in [0, 0.1) is 0 Å². The van der Waals surface area contributed by atoms with Crippen molar-refractivity contribution in [3.63, 3.8) is 0 Å². The highest BCUT2D eigenvalue weighted by molar-refractivity contribution is 6.99. The Morgan fingerprint density at radius 2 is 1.35 bits per heavy atom. The summed E-state index contributed by atoms with van der Waals surface area (Å²) in [6.07, 6.45) is 0. The lowest BCUT2D eigenvalue weighted by Gasteiger charge is -2.06. The van der Waals surface area contributed by atoms with Gasteiger partial charge in [0.15, 0.2) is 0 Å². The van der Waals surface area contributed by atoms with Crippen molar-refractivity contribution in [2.24, 2.45) is 0 Å². The minimum atomic E-state index is 0.264. The Labute approximate surface area is 124 Å². The SMILES string of the molecule is Clc1nsnc1Oc1ccc(Oc2ccccc2)cc1. The van der Waals surface area contributed by atoms with Crippen molar-refractivity contribution >= 4 is 23.3 Å². The summed E-state index contributed by atoms with van der Waals surface area (Å²) >= 11 is 6.82. The summed E-state index contributed by atoms with van der Waals surface area (Å²) in [6.45, 7) is 0. The van der Waals surface area contributed by atoms with Gasteiger partial charge in [-0.25, -0.2) is 0 Å². The molecule has 0 aliphatic heterocycles. The molecule has 0 saturated carbocycles. The molecule has 2 aromatic carbocycles. The molecule has 6 heteroatoms. The Morgan fingerprint density at radius 3 is 1.95 bits per heavy atom. The van der Waals surface area contributed by atoms with Crippen LogP contribution in [0.5, 0.6) is 23.1 Å². The zero-order chi connectivity index (χ0) is 13.8. The van der Waals surface area contributed by atoms with E-state index in [1.165, 1.54) is 0 Å². The molecule has 1 heterocycles. The van der Waals surface area contributed by atoms with Crippen molar-refractivity contribution in [1.29, 1.82) is 0 Å². The Morgan fingerprint density at radius 1 is 0.750 bits per heavy atom. The lowest BCUT2D eigenvalue weighted by Crippen LogP contribution is -1.86. The van der Waals surface area contributed by atoms with Gasteiger partial charge in [-0.2, -0.15) is 4.37 Å². The van der Waals surface area contributed by atoms with Crippen molar-refractivity contribution in [2.75, 3.05) is 0 Å². The first-order valence-electron chi connectivity index (χ1n) is 5.80. The largest absolute Gasteiger partial charge is 0.457 e. The molecule has 4 nitrogen and oxygen atoms in total. The van der Waals surface area contributed by atoms with Gasteiger partial charge >= 0.3 is 0 Å². The second-order valence-corrected chi connectivity index (χ2v) is 4.74. The molecule has 3 aromatic rings. The first kappa shape index (κ1) is 12.9. The van der Waals surface area contributed by atoms with E-state index in [0.29, 0.717) is 11.6 Å². The van der Waals surface area contributed by atoms with E-state index in [2.05, 4.69) is 8.75 Å². The van der Waals surface area contributed by atoms with E-state index in [1.54, 1.807) is 12.1 Å². The van der Waals surface area contributed by atoms with Crippen LogP contribution in [0.1, 0.15) is 0 Å². The van der Waals surface area contributed by atoms with Crippen LogP contribution in [0.3, 0.4) is 0 Å². The highest BCUT2D eigenvalue weighted by Gasteiger charge is 2.07. The van der Waals surface area contributed by atoms with Gasteiger partial charge in [0.1, 0.15) is 17.2 Å². The number of halogens is 1. The van der Waals surface area contributed by atoms with E-state index in [9.17, 15) is 0 Å². The molecule has 0 amide bonds. The molecule has 20 heavy (non-hydrogen) atoms. The van der Waals surface area contributed by atoms with Crippen LogP contribution in [-0.4, -0.2) is 8.75 Å². The van der Waals surface area contributed by atoms with Crippen LogP contribution in [0.25, 0.3) is 0 Å². The summed E-state index contributed by atoms with van der Waals surface area (Å²) in [6, 6.07) is 16.8. The average Bonchev–Trinajstić information content (AvgIpc) is 2.88. The zero-order valence-electron chi connectivity index (χ0n) is 10.2. The predicted octanol–water partition coefficient (Wildman–Crippen LogP) is 4.78. The number of hydrogen-bond donors (Lipinski definition) is 0. The molecule has 0 saturated heterocycles. The molecule has 0 N–H and O–H groups in total. The van der Waals surface area contributed by atoms with Crippen molar-refractivity contribution < 1.29 is 9.47 Å². The van der Waals surface area contributed by atoms with Crippen LogP contribution in [0.15, 0.2) is 54.6 Å². The third-order valence-electron chi connectivity index (χ3n) is 2.44. The number of hydrogen-bond acceptors (Lipinski definition) is 5. The van der Waals surface area contributed by atoms with Crippen LogP contribution in [0.2, 0.25) is 5.15 Å². The predicted molar refractivity (Wildman–Crippen MR) is 78.0 cm³/mol. The van der Waals surface area contributed by atoms with Crippen molar-refractivity contribution in [3.8, 4) is 23.1 Å². The highest BCUT2D eigenvalue weighted by Crippen LogP contribution is 2.29. The first-order valence-corrected chi connectivity index (χ1v) is 6.91. The maximum Gasteiger partial charge on any atom is 0.270 e. The fraction of sp³-hybridized carbons (Fsp3) is 0. The lowest BCUT2D eigenvalue weighted by atomic mass is 10.3. The molecule has 1 aromatic heterocycles. The number of para-hydroxylation sites is 1. The molecule has 0 fully saturated rings. The molecular formula is C14H9ClN2O2S. The average molecular weight is 305 g/mol. The number of ether oxygens (including phenoxy) is 2. The molecule has 0 bridgehead atoms. The minimum Gasteiger partial charge on any atom is -0.457 e. The van der Waals surface area contributed by atoms with Crippen molar-refractivity contribution in [1.82, 2.24) is 8.75 Å². The van der Waals surface area contributed by atoms with E-state index < -0.39 is 0 Å². The monoisotopic (exact) mass is 304 g/mol. The number of nitrogens with zero attached hydrogens (tertiary/aromatic N) is 2. The summed E-state index contributed by atoms with van der Waals surface area (Å²) in [5.41, 5.74) is 0. The van der Waals surface area contributed by atoms with E-state index in [4.69, 9.17) is 21.1 Å². The topological polar surface area (TPSA) is 44.2 Å². The molecule has 100 valence electrons. The van der Waals surface area contributed by atoms with Gasteiger partial charge in [0.25, 0.3) is 5.88 Å². The molecular weight excluding hydrogens is 296 g/mol. The Hall–Kier alpha value is -2.11. The van der Waals surface area contributed by atoms with Gasteiger partial charge in [-0.3, -0.25) is 0 Å². The number of aromatic nitrogens is 2. The first-order chi connectivity index (χ1) is 9.81. The molecule has 0 atom stereocenters. The van der Waals surface area contributed by atoms with E-state index in [0.717, 1.165) is 23.2 Å². The van der Waals surface area contributed by atoms with Gasteiger partial charge in [0.05, 0.1) is 11.7 Å². The zero-order valence-corrected chi connectivity index (χ0v) is 11.8. The Balaban J connectivity index is 1.70. The Bertz CT molecular complexity index is 686. The second-order valence-electron chi connectivity index (χ2n) is 3.85. The summed E-state index contributed by atoms with van der Waals surface area (Å²) in [5.74, 6) is 2.45. The molecule has 3 rings (SSSR count). The molecule has 0 unspecified atom stereocenters. The third kappa shape index (κ3) is 3.07. The van der Waals surface area contributed by atoms with Gasteiger partial charge in [-0.05, 0) is 36.4 Å². The Kier molecular flexibility index (Phi) is 3.80. The third-order valence-corrected chi connectivity index (χ3v) is 3.30. The van der Waals surface area contributed by atoms with Gasteiger partial charge in [0, 0.05) is 0 Å². The maximum atomic E-state index is 5.82. The lowest BCUT2D eigenvalue weighted by molar-refractivity contribution is 0.460. The summed E-state index contributed by atoms with van der Waals surface area (Å²) in [4.78, 5) is 0. The van der Waals surface area contributed by atoms with Crippen LogP contribution >= 0.6 is 23.3 Å². The van der Waals surface area contributed by atoms with E-state index >= 15 is 0 Å². The van der Waals surface area contributed by atoms with Gasteiger partial charge in [-0.15, -0.1) is 4.37 Å². The normalized spacial score (nSPS) is 10.2. The van der Waals surface area contributed by atoms with Crippen LogP contribution < -0.4 is 9.47 Å². The number of rotatable bonds is 4. The number of benzene rings is 2. The van der Waals surface area contributed by atoms with Crippen molar-refractivity contribution in [3.05, 3.63) is 59.8 Å². The summed E-state index contributed by atoms with van der Waals surface area (Å²) in [5, 5.41) is 0.264. The van der Waals surface area contributed by atoms with Gasteiger partial charge in [0.2, 0.25) is 5.15 Å². The van der Waals surface area contributed by atoms with Crippen LogP contribution in [0.4, 0.5) is 0 Å². The summed E-state index contributed by atoms with van der Waals surface area (Å²) < 4.78 is 19.0. The molecule has 0 aliphatic rings. The molecule has 0 radical (unpaired) electrons.